The molecule has 2 amide bonds. The molecule has 2 aromatic carbocycles. The quantitative estimate of drug-likeness (QED) is 0.236. The van der Waals surface area contributed by atoms with Gasteiger partial charge in [-0.05, 0) is 49.2 Å². The average Bonchev–Trinajstić information content (AvgIpc) is 2.74. The Bertz CT molecular complexity index is 915. The molecule has 0 aliphatic heterocycles. The Morgan fingerprint density at radius 2 is 1.77 bits per heavy atom. The summed E-state index contributed by atoms with van der Waals surface area (Å²) in [7, 11) is 0. The van der Waals surface area contributed by atoms with Crippen molar-refractivity contribution in [2.75, 3.05) is 13.2 Å². The van der Waals surface area contributed by atoms with Crippen molar-refractivity contribution >= 4 is 41.2 Å². The standard InChI is InChI=1S/C22H25Cl2N3O4/c1-3-5-11-25-21(28)22(29)27-26-13-15-9-10-19(20(12-15)30-4-2)31-14-16-17(23)7-6-8-18(16)24/h6-10,12-13H,3-5,11,14H2,1-2H3,(H,25,28)(H,27,29)/b26-13-. The van der Waals surface area contributed by atoms with Gasteiger partial charge in [-0.3, -0.25) is 9.59 Å². The molecular weight excluding hydrogens is 441 g/mol. The molecule has 2 N–H and O–H groups in total. The van der Waals surface area contributed by atoms with Crippen molar-refractivity contribution < 1.29 is 19.1 Å². The lowest BCUT2D eigenvalue weighted by molar-refractivity contribution is -0.139. The maximum Gasteiger partial charge on any atom is 0.329 e. The first-order valence-electron chi connectivity index (χ1n) is 9.90. The number of amides is 2. The zero-order valence-corrected chi connectivity index (χ0v) is 18.9. The third-order valence-electron chi connectivity index (χ3n) is 4.10. The number of nitrogens with zero attached hydrogens (tertiary/aromatic N) is 1. The summed E-state index contributed by atoms with van der Waals surface area (Å²) in [6, 6.07) is 10.4. The molecule has 31 heavy (non-hydrogen) atoms. The molecule has 0 saturated heterocycles. The summed E-state index contributed by atoms with van der Waals surface area (Å²) in [5, 5.41) is 7.38. The SMILES string of the molecule is CCCCNC(=O)C(=O)N/N=C\c1ccc(OCc2c(Cl)cccc2Cl)c(OCC)c1. The lowest BCUT2D eigenvalue weighted by Gasteiger charge is -2.14. The van der Waals surface area contributed by atoms with Crippen molar-refractivity contribution in [2.24, 2.45) is 5.10 Å². The van der Waals surface area contributed by atoms with Gasteiger partial charge >= 0.3 is 11.8 Å². The van der Waals surface area contributed by atoms with Crippen LogP contribution < -0.4 is 20.2 Å². The highest BCUT2D eigenvalue weighted by atomic mass is 35.5. The molecule has 7 nitrogen and oxygen atoms in total. The third kappa shape index (κ3) is 7.77. The van der Waals surface area contributed by atoms with Crippen molar-refractivity contribution in [2.45, 2.75) is 33.3 Å². The molecule has 9 heteroatoms. The maximum absolute atomic E-state index is 11.7. The fourth-order valence-corrected chi connectivity index (χ4v) is 2.99. The number of rotatable bonds is 10. The Kier molecular flexibility index (Phi) is 10.1. The van der Waals surface area contributed by atoms with Crippen LogP contribution in [-0.2, 0) is 16.2 Å². The molecule has 0 saturated carbocycles. The molecule has 166 valence electrons. The van der Waals surface area contributed by atoms with E-state index >= 15 is 0 Å². The van der Waals surface area contributed by atoms with Crippen LogP contribution in [0.4, 0.5) is 0 Å². The van der Waals surface area contributed by atoms with Crippen molar-refractivity contribution in [3.63, 3.8) is 0 Å². The van der Waals surface area contributed by atoms with Gasteiger partial charge in [0.05, 0.1) is 12.8 Å². The van der Waals surface area contributed by atoms with Crippen LogP contribution in [0.25, 0.3) is 0 Å². The zero-order valence-electron chi connectivity index (χ0n) is 17.4. The van der Waals surface area contributed by atoms with Crippen molar-refractivity contribution in [1.29, 1.82) is 0 Å². The van der Waals surface area contributed by atoms with Crippen LogP contribution in [0.3, 0.4) is 0 Å². The molecule has 0 atom stereocenters. The summed E-state index contributed by atoms with van der Waals surface area (Å²) >= 11 is 12.4. The number of hydrogen-bond acceptors (Lipinski definition) is 5. The highest BCUT2D eigenvalue weighted by Crippen LogP contribution is 2.31. The topological polar surface area (TPSA) is 89.0 Å². The fraction of sp³-hybridized carbons (Fsp3) is 0.318. The van der Waals surface area contributed by atoms with Gasteiger partial charge in [0, 0.05) is 22.2 Å². The highest BCUT2D eigenvalue weighted by molar-refractivity contribution is 6.36. The van der Waals surface area contributed by atoms with Crippen LogP contribution >= 0.6 is 23.2 Å². The lowest BCUT2D eigenvalue weighted by atomic mass is 10.2. The first-order chi connectivity index (χ1) is 15.0. The van der Waals surface area contributed by atoms with E-state index in [2.05, 4.69) is 15.8 Å². The number of halogens is 2. The highest BCUT2D eigenvalue weighted by Gasteiger charge is 2.12. The molecule has 2 aromatic rings. The first kappa shape index (κ1) is 24.5. The van der Waals surface area contributed by atoms with Crippen LogP contribution in [0.2, 0.25) is 10.0 Å². The summed E-state index contributed by atoms with van der Waals surface area (Å²) in [5.74, 6) is -0.538. The molecule has 0 unspecified atom stereocenters. The molecule has 0 spiro atoms. The van der Waals surface area contributed by atoms with E-state index in [9.17, 15) is 9.59 Å². The smallest absolute Gasteiger partial charge is 0.329 e. The summed E-state index contributed by atoms with van der Waals surface area (Å²) in [6.07, 6.45) is 3.14. The number of ether oxygens (including phenoxy) is 2. The number of nitrogens with one attached hydrogen (secondary N) is 2. The van der Waals surface area contributed by atoms with E-state index in [4.69, 9.17) is 32.7 Å². The van der Waals surface area contributed by atoms with Gasteiger partial charge in [-0.15, -0.1) is 0 Å². The molecular formula is C22H25Cl2N3O4. The number of carbonyl (C=O) groups is 2. The monoisotopic (exact) mass is 465 g/mol. The summed E-state index contributed by atoms with van der Waals surface area (Å²) < 4.78 is 11.5. The minimum absolute atomic E-state index is 0.176. The van der Waals surface area contributed by atoms with Gasteiger partial charge in [0.2, 0.25) is 0 Å². The van der Waals surface area contributed by atoms with E-state index < -0.39 is 11.8 Å². The predicted molar refractivity (Wildman–Crippen MR) is 122 cm³/mol. The third-order valence-corrected chi connectivity index (χ3v) is 4.81. The van der Waals surface area contributed by atoms with E-state index in [1.807, 2.05) is 13.8 Å². The molecule has 0 bridgehead atoms. The van der Waals surface area contributed by atoms with Gasteiger partial charge in [0.15, 0.2) is 11.5 Å². The molecule has 2 rings (SSSR count). The van der Waals surface area contributed by atoms with Gasteiger partial charge < -0.3 is 14.8 Å². The van der Waals surface area contributed by atoms with Crippen LogP contribution in [0.5, 0.6) is 11.5 Å². The molecule has 0 aliphatic carbocycles. The second kappa shape index (κ2) is 12.8. The van der Waals surface area contributed by atoms with E-state index in [1.54, 1.807) is 36.4 Å². The molecule has 0 radical (unpaired) electrons. The maximum atomic E-state index is 11.7. The Morgan fingerprint density at radius 3 is 2.45 bits per heavy atom. The van der Waals surface area contributed by atoms with Crippen LogP contribution in [-0.4, -0.2) is 31.2 Å². The van der Waals surface area contributed by atoms with Crippen LogP contribution in [0.1, 0.15) is 37.8 Å². The summed E-state index contributed by atoms with van der Waals surface area (Å²) in [6.45, 7) is 4.90. The Labute approximate surface area is 191 Å². The van der Waals surface area contributed by atoms with Gasteiger partial charge in [-0.25, -0.2) is 5.43 Å². The minimum Gasteiger partial charge on any atom is -0.490 e. The number of unbranched alkanes of at least 4 members (excludes halogenated alkanes) is 1. The predicted octanol–water partition coefficient (Wildman–Crippen LogP) is 4.34. The Hall–Kier alpha value is -2.77. The zero-order chi connectivity index (χ0) is 22.6. The van der Waals surface area contributed by atoms with E-state index in [0.717, 1.165) is 12.8 Å². The lowest BCUT2D eigenvalue weighted by Crippen LogP contribution is -2.38. The number of hydrazone groups is 1. The second-order valence-corrected chi connectivity index (χ2v) is 7.25. The van der Waals surface area contributed by atoms with E-state index in [-0.39, 0.29) is 6.61 Å². The Balaban J connectivity index is 2.01. The second-order valence-electron chi connectivity index (χ2n) is 6.44. The van der Waals surface area contributed by atoms with Crippen molar-refractivity contribution in [3.8, 4) is 11.5 Å². The molecule has 0 fully saturated rings. The fourth-order valence-electron chi connectivity index (χ4n) is 2.49. The van der Waals surface area contributed by atoms with Crippen LogP contribution in [0, 0.1) is 0 Å². The van der Waals surface area contributed by atoms with Crippen molar-refractivity contribution in [3.05, 3.63) is 57.6 Å². The minimum atomic E-state index is -0.825. The van der Waals surface area contributed by atoms with Gasteiger partial charge in [0.1, 0.15) is 6.61 Å². The summed E-state index contributed by atoms with van der Waals surface area (Å²) in [4.78, 5) is 23.4. The normalized spacial score (nSPS) is 10.7. The molecule has 0 aliphatic rings. The van der Waals surface area contributed by atoms with E-state index in [1.165, 1.54) is 6.21 Å². The number of benzene rings is 2. The molecule has 0 heterocycles. The average molecular weight is 466 g/mol. The van der Waals surface area contributed by atoms with Gasteiger partial charge in [-0.2, -0.15) is 5.10 Å². The van der Waals surface area contributed by atoms with Gasteiger partial charge in [0.25, 0.3) is 0 Å². The van der Waals surface area contributed by atoms with Gasteiger partial charge in [-0.1, -0.05) is 42.6 Å². The van der Waals surface area contributed by atoms with Crippen molar-refractivity contribution in [1.82, 2.24) is 10.7 Å². The molecule has 0 aromatic heterocycles. The van der Waals surface area contributed by atoms with Crippen LogP contribution in [0.15, 0.2) is 41.5 Å². The van der Waals surface area contributed by atoms with E-state index in [0.29, 0.717) is 45.8 Å². The first-order valence-corrected chi connectivity index (χ1v) is 10.7. The largest absolute Gasteiger partial charge is 0.490 e. The Morgan fingerprint density at radius 1 is 1.03 bits per heavy atom. The summed E-state index contributed by atoms with van der Waals surface area (Å²) in [5.41, 5.74) is 3.53. The number of hydrogen-bond donors (Lipinski definition) is 2. The number of carbonyl (C=O) groups excluding carboxylic acids is 2.